The molecule has 0 aliphatic carbocycles. The van der Waals surface area contributed by atoms with Crippen LogP contribution in [-0.2, 0) is 4.79 Å². The largest absolute Gasteiger partial charge is 0.346 e. The van der Waals surface area contributed by atoms with Crippen molar-refractivity contribution in [1.29, 1.82) is 0 Å². The summed E-state index contributed by atoms with van der Waals surface area (Å²) in [5.41, 5.74) is 0.592. The Morgan fingerprint density at radius 3 is 1.75 bits per heavy atom. The Kier molecular flexibility index (Phi) is 10.8. The molecule has 0 aromatic rings. The van der Waals surface area contributed by atoms with Gasteiger partial charge in [-0.15, -0.1) is 0 Å². The molecular weight excluding hydrogens is 198 g/mol. The molecule has 0 spiro atoms. The summed E-state index contributed by atoms with van der Waals surface area (Å²) in [4.78, 5) is 12.2. The summed E-state index contributed by atoms with van der Waals surface area (Å²) < 4.78 is 0. The predicted molar refractivity (Wildman–Crippen MR) is 72.6 cm³/mol. The third kappa shape index (κ3) is 11.5. The lowest BCUT2D eigenvalue weighted by molar-refractivity contribution is -0.127. The van der Waals surface area contributed by atoms with Crippen LogP contribution in [0.15, 0.2) is 0 Å². The van der Waals surface area contributed by atoms with E-state index in [1.165, 1.54) is 19.3 Å². The number of carbonyl (C=O) groups excluding carboxylic acids is 1. The third-order valence-corrected chi connectivity index (χ3v) is 2.98. The van der Waals surface area contributed by atoms with Crippen LogP contribution < -0.4 is 0 Å². The van der Waals surface area contributed by atoms with Crippen LogP contribution in [0.25, 0.3) is 0 Å². The lowest BCUT2D eigenvalue weighted by atomic mass is 9.86. The Balaban J connectivity index is 0. The minimum Gasteiger partial charge on any atom is -0.346 e. The lowest BCUT2D eigenvalue weighted by Gasteiger charge is -2.20. The first kappa shape index (κ1) is 17.9. The van der Waals surface area contributed by atoms with Gasteiger partial charge in [0.15, 0.2) is 0 Å². The van der Waals surface area contributed by atoms with Gasteiger partial charge >= 0.3 is 0 Å². The minimum atomic E-state index is 0.145. The lowest BCUT2D eigenvalue weighted by Crippen LogP contribution is -2.24. The van der Waals surface area contributed by atoms with E-state index in [1.54, 1.807) is 11.8 Å². The third-order valence-electron chi connectivity index (χ3n) is 2.98. The number of carbonyl (C=O) groups is 1. The highest BCUT2D eigenvalue weighted by Crippen LogP contribution is 2.25. The van der Waals surface area contributed by atoms with E-state index in [0.29, 0.717) is 5.41 Å². The van der Waals surface area contributed by atoms with E-state index in [2.05, 4.69) is 34.6 Å². The normalized spacial score (nSPS) is 10.4. The number of amides is 1. The Morgan fingerprint density at radius 2 is 1.62 bits per heavy atom. The monoisotopic (exact) mass is 229 g/mol. The smallest absolute Gasteiger partial charge is 0.219 e. The molecule has 0 saturated carbocycles. The van der Waals surface area contributed by atoms with Crippen molar-refractivity contribution in [2.24, 2.45) is 5.41 Å². The van der Waals surface area contributed by atoms with Gasteiger partial charge in [-0.05, 0) is 18.3 Å². The van der Waals surface area contributed by atoms with E-state index in [1.807, 2.05) is 7.05 Å². The Labute approximate surface area is 102 Å². The summed E-state index contributed by atoms with van der Waals surface area (Å²) in [6.07, 6.45) is 5.03. The maximum Gasteiger partial charge on any atom is 0.219 e. The second-order valence-electron chi connectivity index (χ2n) is 5.21. The second kappa shape index (κ2) is 9.68. The van der Waals surface area contributed by atoms with Crippen LogP contribution in [-0.4, -0.2) is 24.4 Å². The standard InChI is InChI=1S/C8H18.C6H13NO/c1-5-7-8(3,4)6-2;1-4-5-7(3)6(2)8/h5-7H2,1-4H3;4-5H2,1-3H3. The van der Waals surface area contributed by atoms with E-state index < -0.39 is 0 Å². The molecule has 98 valence electrons. The van der Waals surface area contributed by atoms with E-state index in [4.69, 9.17) is 0 Å². The van der Waals surface area contributed by atoms with Crippen molar-refractivity contribution < 1.29 is 4.79 Å². The molecule has 0 aromatic heterocycles. The van der Waals surface area contributed by atoms with Crippen LogP contribution in [0.2, 0.25) is 0 Å². The maximum absolute atomic E-state index is 10.5. The Morgan fingerprint density at radius 1 is 1.12 bits per heavy atom. The summed E-state index contributed by atoms with van der Waals surface area (Å²) in [6, 6.07) is 0. The number of rotatable bonds is 5. The van der Waals surface area contributed by atoms with Crippen molar-refractivity contribution in [1.82, 2.24) is 4.90 Å². The average Bonchev–Trinajstić information content (AvgIpc) is 2.19. The fourth-order valence-corrected chi connectivity index (χ4v) is 1.35. The average molecular weight is 229 g/mol. The Bertz CT molecular complexity index is 176. The molecule has 0 aliphatic heterocycles. The van der Waals surface area contributed by atoms with Gasteiger partial charge in [0, 0.05) is 20.5 Å². The van der Waals surface area contributed by atoms with Gasteiger partial charge in [0.25, 0.3) is 0 Å². The van der Waals surface area contributed by atoms with Crippen LogP contribution in [0.3, 0.4) is 0 Å². The quantitative estimate of drug-likeness (QED) is 0.695. The first-order chi connectivity index (χ1) is 7.30. The van der Waals surface area contributed by atoms with E-state index in [0.717, 1.165) is 13.0 Å². The zero-order valence-corrected chi connectivity index (χ0v) is 12.4. The summed E-state index contributed by atoms with van der Waals surface area (Å²) in [5.74, 6) is 0.145. The van der Waals surface area contributed by atoms with Crippen molar-refractivity contribution >= 4 is 5.91 Å². The van der Waals surface area contributed by atoms with Gasteiger partial charge in [-0.1, -0.05) is 47.5 Å². The van der Waals surface area contributed by atoms with Gasteiger partial charge in [0.05, 0.1) is 0 Å². The number of nitrogens with zero attached hydrogens (tertiary/aromatic N) is 1. The molecule has 0 radical (unpaired) electrons. The van der Waals surface area contributed by atoms with Gasteiger partial charge in [0.1, 0.15) is 0 Å². The summed E-state index contributed by atoms with van der Waals surface area (Å²) in [6.45, 7) is 13.7. The van der Waals surface area contributed by atoms with Crippen LogP contribution in [0.1, 0.15) is 67.2 Å². The van der Waals surface area contributed by atoms with Crippen molar-refractivity contribution in [3.63, 3.8) is 0 Å². The van der Waals surface area contributed by atoms with Crippen LogP contribution in [0.4, 0.5) is 0 Å². The zero-order valence-electron chi connectivity index (χ0n) is 12.4. The highest BCUT2D eigenvalue weighted by Gasteiger charge is 2.11. The van der Waals surface area contributed by atoms with Gasteiger partial charge < -0.3 is 4.90 Å². The van der Waals surface area contributed by atoms with Crippen molar-refractivity contribution in [2.45, 2.75) is 67.2 Å². The highest BCUT2D eigenvalue weighted by atomic mass is 16.2. The molecule has 2 nitrogen and oxygen atoms in total. The molecule has 0 atom stereocenters. The van der Waals surface area contributed by atoms with Crippen molar-refractivity contribution in [3.05, 3.63) is 0 Å². The van der Waals surface area contributed by atoms with Crippen molar-refractivity contribution in [3.8, 4) is 0 Å². The first-order valence-corrected chi connectivity index (χ1v) is 6.52. The SMILES string of the molecule is CCCC(C)(C)CC.CCCN(C)C(C)=O. The zero-order chi connectivity index (χ0) is 13.2. The second-order valence-corrected chi connectivity index (χ2v) is 5.21. The van der Waals surface area contributed by atoms with Crippen LogP contribution >= 0.6 is 0 Å². The molecule has 0 aliphatic rings. The molecule has 0 heterocycles. The molecular formula is C14H31NO. The molecule has 0 fully saturated rings. The Hall–Kier alpha value is -0.530. The molecule has 2 heteroatoms. The fraction of sp³-hybridized carbons (Fsp3) is 0.929. The maximum atomic E-state index is 10.5. The predicted octanol–water partition coefficient (Wildman–Crippen LogP) is 4.10. The summed E-state index contributed by atoms with van der Waals surface area (Å²) >= 11 is 0. The molecule has 0 saturated heterocycles. The van der Waals surface area contributed by atoms with Crippen LogP contribution in [0, 0.1) is 5.41 Å². The van der Waals surface area contributed by atoms with Gasteiger partial charge in [-0.3, -0.25) is 4.79 Å². The minimum absolute atomic E-state index is 0.145. The molecule has 16 heavy (non-hydrogen) atoms. The van der Waals surface area contributed by atoms with Gasteiger partial charge in [-0.2, -0.15) is 0 Å². The molecule has 0 bridgehead atoms. The highest BCUT2D eigenvalue weighted by molar-refractivity contribution is 5.72. The van der Waals surface area contributed by atoms with E-state index in [-0.39, 0.29) is 5.91 Å². The van der Waals surface area contributed by atoms with Crippen molar-refractivity contribution in [2.75, 3.05) is 13.6 Å². The van der Waals surface area contributed by atoms with Gasteiger partial charge in [0.2, 0.25) is 5.91 Å². The van der Waals surface area contributed by atoms with E-state index >= 15 is 0 Å². The molecule has 0 rings (SSSR count). The summed E-state index contributed by atoms with van der Waals surface area (Å²) in [7, 11) is 1.81. The number of hydrogen-bond donors (Lipinski definition) is 0. The molecule has 0 aromatic carbocycles. The van der Waals surface area contributed by atoms with E-state index in [9.17, 15) is 4.79 Å². The fourth-order valence-electron chi connectivity index (χ4n) is 1.35. The topological polar surface area (TPSA) is 20.3 Å². The molecule has 1 amide bonds. The van der Waals surface area contributed by atoms with Gasteiger partial charge in [-0.25, -0.2) is 0 Å². The first-order valence-electron chi connectivity index (χ1n) is 6.52. The van der Waals surface area contributed by atoms with Crippen LogP contribution in [0.5, 0.6) is 0 Å². The molecule has 0 unspecified atom stereocenters. The summed E-state index contributed by atoms with van der Waals surface area (Å²) in [5, 5.41) is 0. The number of hydrogen-bond acceptors (Lipinski definition) is 1. The molecule has 0 N–H and O–H groups in total.